The summed E-state index contributed by atoms with van der Waals surface area (Å²) >= 11 is 3.31. The van der Waals surface area contributed by atoms with E-state index in [0.29, 0.717) is 12.1 Å². The summed E-state index contributed by atoms with van der Waals surface area (Å²) in [5.41, 5.74) is 7.22. The Labute approximate surface area is 114 Å². The second-order valence-electron chi connectivity index (χ2n) is 4.14. The highest BCUT2D eigenvalue weighted by molar-refractivity contribution is 9.10. The zero-order valence-corrected chi connectivity index (χ0v) is 11.9. The SMILES string of the molecule is CC(C)C(=Cc1cc(Br)ccc1OC(F)F)CN. The van der Waals surface area contributed by atoms with Crippen molar-refractivity contribution in [1.82, 2.24) is 0 Å². The van der Waals surface area contributed by atoms with Gasteiger partial charge in [-0.1, -0.05) is 41.4 Å². The summed E-state index contributed by atoms with van der Waals surface area (Å²) in [4.78, 5) is 0. The quantitative estimate of drug-likeness (QED) is 0.888. The van der Waals surface area contributed by atoms with Gasteiger partial charge < -0.3 is 10.5 Å². The Morgan fingerprint density at radius 1 is 1.44 bits per heavy atom. The smallest absolute Gasteiger partial charge is 0.387 e. The van der Waals surface area contributed by atoms with Crippen LogP contribution in [-0.4, -0.2) is 13.2 Å². The fourth-order valence-electron chi connectivity index (χ4n) is 1.50. The summed E-state index contributed by atoms with van der Waals surface area (Å²) in [6.07, 6.45) is 1.80. The Morgan fingerprint density at radius 3 is 2.61 bits per heavy atom. The van der Waals surface area contributed by atoms with Crippen molar-refractivity contribution in [3.8, 4) is 5.75 Å². The highest BCUT2D eigenvalue weighted by Crippen LogP contribution is 2.28. The van der Waals surface area contributed by atoms with Crippen molar-refractivity contribution in [2.75, 3.05) is 6.54 Å². The van der Waals surface area contributed by atoms with Gasteiger partial charge in [-0.25, -0.2) is 0 Å². The standard InChI is InChI=1S/C13H16BrF2NO/c1-8(2)10(7-17)5-9-6-11(14)3-4-12(9)18-13(15)16/h3-6,8,13H,7,17H2,1-2H3. The Kier molecular flexibility index (Phi) is 5.75. The number of benzene rings is 1. The van der Waals surface area contributed by atoms with Gasteiger partial charge in [-0.05, 0) is 24.1 Å². The average Bonchev–Trinajstić information content (AvgIpc) is 2.28. The Bertz CT molecular complexity index is 433. The summed E-state index contributed by atoms with van der Waals surface area (Å²) in [6, 6.07) is 4.90. The van der Waals surface area contributed by atoms with Crippen LogP contribution in [0, 0.1) is 5.92 Å². The lowest BCUT2D eigenvalue weighted by molar-refractivity contribution is -0.0500. The molecule has 0 saturated heterocycles. The van der Waals surface area contributed by atoms with Crippen molar-refractivity contribution in [2.45, 2.75) is 20.5 Å². The predicted molar refractivity (Wildman–Crippen MR) is 72.6 cm³/mol. The summed E-state index contributed by atoms with van der Waals surface area (Å²) in [5.74, 6) is 0.410. The van der Waals surface area contributed by atoms with E-state index in [2.05, 4.69) is 20.7 Å². The lowest BCUT2D eigenvalue weighted by Gasteiger charge is -2.12. The monoisotopic (exact) mass is 319 g/mol. The molecule has 0 spiro atoms. The topological polar surface area (TPSA) is 35.2 Å². The molecule has 0 amide bonds. The molecular formula is C13H16BrF2NO. The number of hydrogen-bond acceptors (Lipinski definition) is 2. The van der Waals surface area contributed by atoms with Crippen molar-refractivity contribution in [1.29, 1.82) is 0 Å². The van der Waals surface area contributed by atoms with E-state index < -0.39 is 6.61 Å². The molecule has 2 N–H and O–H groups in total. The molecule has 0 bridgehead atoms. The largest absolute Gasteiger partial charge is 0.434 e. The van der Waals surface area contributed by atoms with Gasteiger partial charge in [-0.3, -0.25) is 0 Å². The van der Waals surface area contributed by atoms with Gasteiger partial charge in [0.1, 0.15) is 5.75 Å². The minimum absolute atomic E-state index is 0.153. The maximum absolute atomic E-state index is 12.3. The molecule has 0 saturated carbocycles. The average molecular weight is 320 g/mol. The number of alkyl halides is 2. The molecule has 0 unspecified atom stereocenters. The van der Waals surface area contributed by atoms with Crippen molar-refractivity contribution in [3.05, 3.63) is 33.8 Å². The van der Waals surface area contributed by atoms with Crippen LogP contribution in [0.3, 0.4) is 0 Å². The number of ether oxygens (including phenoxy) is 1. The van der Waals surface area contributed by atoms with Crippen LogP contribution < -0.4 is 10.5 Å². The van der Waals surface area contributed by atoms with Gasteiger partial charge in [0.25, 0.3) is 0 Å². The summed E-state index contributed by atoms with van der Waals surface area (Å²) in [6.45, 7) is 1.56. The van der Waals surface area contributed by atoms with Crippen LogP contribution >= 0.6 is 15.9 Å². The van der Waals surface area contributed by atoms with E-state index in [1.807, 2.05) is 13.8 Å². The Morgan fingerprint density at radius 2 is 2.11 bits per heavy atom. The molecule has 18 heavy (non-hydrogen) atoms. The lowest BCUT2D eigenvalue weighted by Crippen LogP contribution is -2.09. The van der Waals surface area contributed by atoms with Gasteiger partial charge in [0.2, 0.25) is 0 Å². The summed E-state index contributed by atoms with van der Waals surface area (Å²) < 4.78 is 29.9. The first kappa shape index (κ1) is 15.1. The highest BCUT2D eigenvalue weighted by Gasteiger charge is 2.10. The van der Waals surface area contributed by atoms with Crippen LogP contribution in [0.4, 0.5) is 8.78 Å². The van der Waals surface area contributed by atoms with E-state index in [-0.39, 0.29) is 11.7 Å². The fraction of sp³-hybridized carbons (Fsp3) is 0.385. The molecule has 1 rings (SSSR count). The maximum atomic E-state index is 12.3. The molecule has 0 aliphatic rings. The molecule has 0 aromatic heterocycles. The third-order valence-corrected chi connectivity index (χ3v) is 3.00. The van der Waals surface area contributed by atoms with Crippen LogP contribution in [0.25, 0.3) is 6.08 Å². The van der Waals surface area contributed by atoms with Crippen molar-refractivity contribution in [2.24, 2.45) is 11.7 Å². The van der Waals surface area contributed by atoms with Gasteiger partial charge in [-0.2, -0.15) is 8.78 Å². The zero-order valence-electron chi connectivity index (χ0n) is 10.3. The molecular weight excluding hydrogens is 304 g/mol. The molecule has 0 heterocycles. The molecule has 100 valence electrons. The number of halogens is 3. The first-order valence-corrected chi connectivity index (χ1v) is 6.38. The van der Waals surface area contributed by atoms with Gasteiger partial charge in [-0.15, -0.1) is 0 Å². The summed E-state index contributed by atoms with van der Waals surface area (Å²) in [7, 11) is 0. The van der Waals surface area contributed by atoms with Gasteiger partial charge in [0.05, 0.1) is 0 Å². The van der Waals surface area contributed by atoms with E-state index in [1.54, 1.807) is 18.2 Å². The molecule has 2 nitrogen and oxygen atoms in total. The van der Waals surface area contributed by atoms with Gasteiger partial charge in [0.15, 0.2) is 0 Å². The summed E-state index contributed by atoms with van der Waals surface area (Å²) in [5, 5.41) is 0. The van der Waals surface area contributed by atoms with E-state index in [1.165, 1.54) is 6.07 Å². The van der Waals surface area contributed by atoms with Gasteiger partial charge >= 0.3 is 6.61 Å². The number of hydrogen-bond donors (Lipinski definition) is 1. The van der Waals surface area contributed by atoms with E-state index >= 15 is 0 Å². The molecule has 0 aliphatic carbocycles. The first-order valence-electron chi connectivity index (χ1n) is 5.59. The van der Waals surface area contributed by atoms with Crippen LogP contribution in [0.5, 0.6) is 5.75 Å². The number of nitrogens with two attached hydrogens (primary N) is 1. The van der Waals surface area contributed by atoms with E-state index in [9.17, 15) is 8.78 Å². The van der Waals surface area contributed by atoms with E-state index in [0.717, 1.165) is 10.0 Å². The van der Waals surface area contributed by atoms with Crippen LogP contribution in [-0.2, 0) is 0 Å². The minimum atomic E-state index is -2.83. The second kappa shape index (κ2) is 6.85. The third kappa shape index (κ3) is 4.38. The van der Waals surface area contributed by atoms with Crippen molar-refractivity contribution < 1.29 is 13.5 Å². The molecule has 0 aliphatic heterocycles. The molecule has 1 aromatic carbocycles. The third-order valence-electron chi connectivity index (χ3n) is 2.51. The first-order chi connectivity index (χ1) is 8.43. The second-order valence-corrected chi connectivity index (χ2v) is 5.05. The van der Waals surface area contributed by atoms with Crippen molar-refractivity contribution in [3.63, 3.8) is 0 Å². The predicted octanol–water partition coefficient (Wildman–Crippen LogP) is 4.05. The van der Waals surface area contributed by atoms with Gasteiger partial charge in [0, 0.05) is 16.6 Å². The zero-order chi connectivity index (χ0) is 13.7. The highest BCUT2D eigenvalue weighted by atomic mass is 79.9. The van der Waals surface area contributed by atoms with E-state index in [4.69, 9.17) is 5.73 Å². The molecule has 0 radical (unpaired) electrons. The number of rotatable bonds is 5. The van der Waals surface area contributed by atoms with Crippen LogP contribution in [0.15, 0.2) is 28.2 Å². The fourth-order valence-corrected chi connectivity index (χ4v) is 1.88. The molecule has 0 fully saturated rings. The molecule has 5 heteroatoms. The minimum Gasteiger partial charge on any atom is -0.434 e. The Balaban J connectivity index is 3.16. The molecule has 0 atom stereocenters. The maximum Gasteiger partial charge on any atom is 0.387 e. The van der Waals surface area contributed by atoms with Crippen molar-refractivity contribution >= 4 is 22.0 Å². The normalized spacial score (nSPS) is 12.3. The molecule has 1 aromatic rings. The Hall–Kier alpha value is -0.940. The van der Waals surface area contributed by atoms with Crippen LogP contribution in [0.2, 0.25) is 0 Å². The lowest BCUT2D eigenvalue weighted by atomic mass is 10.00. The van der Waals surface area contributed by atoms with Crippen LogP contribution in [0.1, 0.15) is 19.4 Å².